The van der Waals surface area contributed by atoms with Crippen LogP contribution >= 0.6 is 11.6 Å². The van der Waals surface area contributed by atoms with Crippen LogP contribution in [0.3, 0.4) is 0 Å². The van der Waals surface area contributed by atoms with Crippen molar-refractivity contribution < 1.29 is 9.50 Å². The smallest absolute Gasteiger partial charge is 0.123 e. The van der Waals surface area contributed by atoms with Crippen LogP contribution in [-0.4, -0.2) is 5.11 Å². The quantitative estimate of drug-likeness (QED) is 0.890. The lowest BCUT2D eigenvalue weighted by molar-refractivity contribution is 0.0576. The molecule has 0 saturated heterocycles. The van der Waals surface area contributed by atoms with Gasteiger partial charge in [-0.1, -0.05) is 35.9 Å². The Kier molecular flexibility index (Phi) is 3.93. The van der Waals surface area contributed by atoms with Gasteiger partial charge in [0.25, 0.3) is 0 Å². The van der Waals surface area contributed by atoms with Gasteiger partial charge in [-0.05, 0) is 48.7 Å². The average molecular weight is 279 g/mol. The van der Waals surface area contributed by atoms with Gasteiger partial charge in [0.15, 0.2) is 0 Å². The second kappa shape index (κ2) is 5.32. The van der Waals surface area contributed by atoms with E-state index in [4.69, 9.17) is 11.6 Å². The highest BCUT2D eigenvalue weighted by molar-refractivity contribution is 6.31. The summed E-state index contributed by atoms with van der Waals surface area (Å²) in [6.45, 7) is 3.67. The Hall–Kier alpha value is -1.38. The van der Waals surface area contributed by atoms with Crippen molar-refractivity contribution in [1.29, 1.82) is 0 Å². The van der Waals surface area contributed by atoms with Gasteiger partial charge in [0.05, 0.1) is 5.60 Å². The Balaban J connectivity index is 2.27. The van der Waals surface area contributed by atoms with E-state index >= 15 is 0 Å². The third-order valence-electron chi connectivity index (χ3n) is 3.21. The van der Waals surface area contributed by atoms with Crippen molar-refractivity contribution in [2.45, 2.75) is 25.9 Å². The minimum atomic E-state index is -1.08. The van der Waals surface area contributed by atoms with Gasteiger partial charge in [-0.15, -0.1) is 0 Å². The molecule has 2 rings (SSSR count). The predicted molar refractivity (Wildman–Crippen MR) is 75.9 cm³/mol. The summed E-state index contributed by atoms with van der Waals surface area (Å²) in [7, 11) is 0. The molecule has 0 aliphatic carbocycles. The molecule has 2 aromatic carbocycles. The summed E-state index contributed by atoms with van der Waals surface area (Å²) in [5.74, 6) is -0.312. The van der Waals surface area contributed by atoms with Gasteiger partial charge in [-0.25, -0.2) is 4.39 Å². The molecule has 0 heterocycles. The van der Waals surface area contributed by atoms with Crippen LogP contribution in [0, 0.1) is 12.7 Å². The van der Waals surface area contributed by atoms with E-state index in [0.717, 1.165) is 11.1 Å². The fraction of sp³-hybridized carbons (Fsp3) is 0.250. The maximum atomic E-state index is 12.9. The highest BCUT2D eigenvalue weighted by Gasteiger charge is 2.24. The first-order chi connectivity index (χ1) is 8.88. The number of rotatable bonds is 3. The molecule has 19 heavy (non-hydrogen) atoms. The van der Waals surface area contributed by atoms with Gasteiger partial charge in [0, 0.05) is 11.4 Å². The maximum Gasteiger partial charge on any atom is 0.123 e. The van der Waals surface area contributed by atoms with Gasteiger partial charge in [-0.2, -0.15) is 0 Å². The van der Waals surface area contributed by atoms with E-state index in [-0.39, 0.29) is 5.82 Å². The molecule has 3 heteroatoms. The van der Waals surface area contributed by atoms with Gasteiger partial charge < -0.3 is 5.11 Å². The number of halogens is 2. The largest absolute Gasteiger partial charge is 0.385 e. The third-order valence-corrected chi connectivity index (χ3v) is 3.56. The predicted octanol–water partition coefficient (Wildman–Crippen LogP) is 4.24. The number of aryl methyl sites for hydroxylation is 1. The van der Waals surface area contributed by atoms with Gasteiger partial charge >= 0.3 is 0 Å². The first kappa shape index (κ1) is 14.0. The average Bonchev–Trinajstić information content (AvgIpc) is 2.33. The van der Waals surface area contributed by atoms with Crippen molar-refractivity contribution in [2.24, 2.45) is 0 Å². The van der Waals surface area contributed by atoms with E-state index in [9.17, 15) is 9.50 Å². The zero-order valence-corrected chi connectivity index (χ0v) is 11.7. The number of hydrogen-bond donors (Lipinski definition) is 1. The monoisotopic (exact) mass is 278 g/mol. The minimum absolute atomic E-state index is 0.312. The van der Waals surface area contributed by atoms with Gasteiger partial charge in [0.2, 0.25) is 0 Å². The topological polar surface area (TPSA) is 20.2 Å². The fourth-order valence-corrected chi connectivity index (χ4v) is 2.38. The molecule has 0 saturated carbocycles. The van der Waals surface area contributed by atoms with E-state index in [1.165, 1.54) is 12.1 Å². The number of benzene rings is 2. The van der Waals surface area contributed by atoms with Crippen molar-refractivity contribution in [3.63, 3.8) is 0 Å². The lowest BCUT2D eigenvalue weighted by atomic mass is 9.89. The molecule has 0 fully saturated rings. The lowest BCUT2D eigenvalue weighted by Crippen LogP contribution is -2.24. The van der Waals surface area contributed by atoms with E-state index in [0.29, 0.717) is 17.0 Å². The Morgan fingerprint density at radius 1 is 1.16 bits per heavy atom. The Morgan fingerprint density at radius 3 is 2.37 bits per heavy atom. The highest BCUT2D eigenvalue weighted by atomic mass is 35.5. The number of aliphatic hydroxyl groups is 1. The summed E-state index contributed by atoms with van der Waals surface area (Å²) in [6, 6.07) is 11.6. The maximum absolute atomic E-state index is 12.9. The van der Waals surface area contributed by atoms with Crippen molar-refractivity contribution in [2.75, 3.05) is 0 Å². The van der Waals surface area contributed by atoms with Crippen LogP contribution in [0.2, 0.25) is 5.02 Å². The van der Waals surface area contributed by atoms with Crippen molar-refractivity contribution >= 4 is 11.6 Å². The molecule has 2 aromatic rings. The molecule has 0 aliphatic rings. The summed E-state index contributed by atoms with van der Waals surface area (Å²) < 4.78 is 12.9. The van der Waals surface area contributed by atoms with Crippen LogP contribution in [0.4, 0.5) is 4.39 Å². The molecule has 1 N–H and O–H groups in total. The summed E-state index contributed by atoms with van der Waals surface area (Å²) in [6.07, 6.45) is 0.387. The number of hydrogen-bond acceptors (Lipinski definition) is 1. The van der Waals surface area contributed by atoms with Crippen molar-refractivity contribution in [1.82, 2.24) is 0 Å². The first-order valence-corrected chi connectivity index (χ1v) is 6.50. The van der Waals surface area contributed by atoms with Crippen molar-refractivity contribution in [3.8, 4) is 0 Å². The van der Waals surface area contributed by atoms with E-state index in [1.807, 2.05) is 25.1 Å². The van der Waals surface area contributed by atoms with E-state index in [1.54, 1.807) is 19.1 Å². The molecular weight excluding hydrogens is 263 g/mol. The Bertz CT molecular complexity index is 576. The minimum Gasteiger partial charge on any atom is -0.385 e. The van der Waals surface area contributed by atoms with Gasteiger partial charge in [-0.3, -0.25) is 0 Å². The summed E-state index contributed by atoms with van der Waals surface area (Å²) in [5, 5.41) is 11.2. The van der Waals surface area contributed by atoms with E-state index in [2.05, 4.69) is 0 Å². The zero-order valence-electron chi connectivity index (χ0n) is 11.0. The second-order valence-corrected chi connectivity index (χ2v) is 5.46. The molecule has 1 unspecified atom stereocenters. The Morgan fingerprint density at radius 2 is 1.79 bits per heavy atom. The molecule has 0 spiro atoms. The summed E-state index contributed by atoms with van der Waals surface area (Å²) in [4.78, 5) is 0. The lowest BCUT2D eigenvalue weighted by Gasteiger charge is -2.24. The van der Waals surface area contributed by atoms with Crippen LogP contribution in [0.1, 0.15) is 23.6 Å². The van der Waals surface area contributed by atoms with Crippen LogP contribution in [0.25, 0.3) is 0 Å². The van der Waals surface area contributed by atoms with Crippen LogP contribution < -0.4 is 0 Å². The molecule has 1 nitrogen and oxygen atoms in total. The third kappa shape index (κ3) is 3.34. The summed E-state index contributed by atoms with van der Waals surface area (Å²) >= 11 is 6.18. The Labute approximate surface area is 117 Å². The van der Waals surface area contributed by atoms with Crippen molar-refractivity contribution in [3.05, 3.63) is 70.0 Å². The second-order valence-electron chi connectivity index (χ2n) is 5.05. The molecular formula is C16H16ClFO. The fourth-order valence-electron chi connectivity index (χ4n) is 2.08. The first-order valence-electron chi connectivity index (χ1n) is 6.12. The van der Waals surface area contributed by atoms with Crippen LogP contribution in [0.15, 0.2) is 42.5 Å². The zero-order chi connectivity index (χ0) is 14.0. The molecule has 0 amide bonds. The molecule has 100 valence electrons. The highest BCUT2D eigenvalue weighted by Crippen LogP contribution is 2.29. The molecule has 0 aromatic heterocycles. The molecule has 0 bridgehead atoms. The van der Waals surface area contributed by atoms with Gasteiger partial charge in [0.1, 0.15) is 5.82 Å². The molecule has 1 atom stereocenters. The summed E-state index contributed by atoms with van der Waals surface area (Å²) in [5.41, 5.74) is 1.55. The van der Waals surface area contributed by atoms with E-state index < -0.39 is 5.60 Å². The molecule has 0 aliphatic heterocycles. The molecule has 0 radical (unpaired) electrons. The SMILES string of the molecule is Cc1ccc(CC(C)(O)c2ccc(F)cc2)c(Cl)c1. The van der Waals surface area contributed by atoms with Crippen LogP contribution in [-0.2, 0) is 12.0 Å². The normalized spacial score (nSPS) is 14.2. The standard InChI is InChI=1S/C16H16ClFO/c1-11-3-4-12(15(17)9-11)10-16(2,19)13-5-7-14(18)8-6-13/h3-9,19H,10H2,1-2H3. The van der Waals surface area contributed by atoms with Crippen LogP contribution in [0.5, 0.6) is 0 Å².